The second-order valence-electron chi connectivity index (χ2n) is 5.36. The van der Waals surface area contributed by atoms with Crippen LogP contribution in [0, 0.1) is 5.92 Å². The summed E-state index contributed by atoms with van der Waals surface area (Å²) in [6.07, 6.45) is 3.16. The minimum Gasteiger partial charge on any atom is -0.394 e. The van der Waals surface area contributed by atoms with Gasteiger partial charge in [-0.05, 0) is 31.6 Å². The molecule has 1 aliphatic rings. The summed E-state index contributed by atoms with van der Waals surface area (Å²) in [5.41, 5.74) is -0.723. The second-order valence-corrected chi connectivity index (χ2v) is 7.03. The van der Waals surface area contributed by atoms with Gasteiger partial charge in [-0.25, -0.2) is 0 Å². The van der Waals surface area contributed by atoms with Crippen LogP contribution in [0.4, 0.5) is 0 Å². The van der Waals surface area contributed by atoms with Crippen molar-refractivity contribution >= 4 is 10.2 Å². The Labute approximate surface area is 111 Å². The highest BCUT2D eigenvalue weighted by atomic mass is 32.2. The van der Waals surface area contributed by atoms with E-state index in [1.165, 1.54) is 4.31 Å². The van der Waals surface area contributed by atoms with Gasteiger partial charge in [0.05, 0.1) is 12.1 Å². The molecular formula is C12H26N2O3S. The summed E-state index contributed by atoms with van der Waals surface area (Å²) in [7, 11) is -3.49. The maximum atomic E-state index is 12.3. The Morgan fingerprint density at radius 2 is 2.00 bits per heavy atom. The van der Waals surface area contributed by atoms with E-state index in [9.17, 15) is 13.5 Å². The van der Waals surface area contributed by atoms with Crippen molar-refractivity contribution < 1.29 is 13.5 Å². The van der Waals surface area contributed by atoms with E-state index in [1.54, 1.807) is 0 Å². The van der Waals surface area contributed by atoms with Gasteiger partial charge in [-0.3, -0.25) is 0 Å². The molecule has 108 valence electrons. The summed E-state index contributed by atoms with van der Waals surface area (Å²) in [4.78, 5) is 0. The van der Waals surface area contributed by atoms with Crippen LogP contribution in [-0.2, 0) is 10.2 Å². The summed E-state index contributed by atoms with van der Waals surface area (Å²) in [6.45, 7) is 6.84. The SMILES string of the molecule is CCC(CC)(CO)NS(=O)(=O)N1CCCC(C)C1. The van der Waals surface area contributed by atoms with E-state index >= 15 is 0 Å². The summed E-state index contributed by atoms with van der Waals surface area (Å²) in [5, 5.41) is 9.44. The molecule has 18 heavy (non-hydrogen) atoms. The van der Waals surface area contributed by atoms with Crippen LogP contribution in [0.3, 0.4) is 0 Å². The van der Waals surface area contributed by atoms with Crippen LogP contribution < -0.4 is 4.72 Å². The first kappa shape index (κ1) is 15.9. The molecular weight excluding hydrogens is 252 g/mol. The molecule has 0 spiro atoms. The Kier molecular flexibility index (Phi) is 5.58. The van der Waals surface area contributed by atoms with Crippen LogP contribution in [0.5, 0.6) is 0 Å². The van der Waals surface area contributed by atoms with Crippen molar-refractivity contribution in [1.82, 2.24) is 9.03 Å². The molecule has 1 atom stereocenters. The van der Waals surface area contributed by atoms with Gasteiger partial charge in [-0.2, -0.15) is 17.4 Å². The number of aliphatic hydroxyl groups excluding tert-OH is 1. The van der Waals surface area contributed by atoms with Crippen LogP contribution in [0.2, 0.25) is 0 Å². The van der Waals surface area contributed by atoms with E-state index in [2.05, 4.69) is 11.6 Å². The molecule has 1 aliphatic heterocycles. The Balaban J connectivity index is 2.80. The van der Waals surface area contributed by atoms with E-state index in [0.29, 0.717) is 31.8 Å². The van der Waals surface area contributed by atoms with Crippen molar-refractivity contribution in [3.8, 4) is 0 Å². The lowest BCUT2D eigenvalue weighted by Gasteiger charge is -2.36. The molecule has 0 aromatic carbocycles. The van der Waals surface area contributed by atoms with E-state index < -0.39 is 15.7 Å². The van der Waals surface area contributed by atoms with Gasteiger partial charge in [0.2, 0.25) is 0 Å². The lowest BCUT2D eigenvalue weighted by molar-refractivity contribution is 0.167. The van der Waals surface area contributed by atoms with E-state index in [-0.39, 0.29) is 6.61 Å². The predicted molar refractivity (Wildman–Crippen MR) is 72.4 cm³/mol. The molecule has 2 N–H and O–H groups in total. The van der Waals surface area contributed by atoms with Crippen molar-refractivity contribution in [2.75, 3.05) is 19.7 Å². The molecule has 0 bridgehead atoms. The summed E-state index contributed by atoms with van der Waals surface area (Å²) >= 11 is 0. The summed E-state index contributed by atoms with van der Waals surface area (Å²) in [5.74, 6) is 0.405. The standard InChI is InChI=1S/C12H26N2O3S/c1-4-12(5-2,10-15)13-18(16,17)14-8-6-7-11(3)9-14/h11,13,15H,4-10H2,1-3H3. The zero-order chi connectivity index (χ0) is 13.8. The fraction of sp³-hybridized carbons (Fsp3) is 1.00. The minimum atomic E-state index is -3.49. The Hall–Kier alpha value is -0.170. The molecule has 0 aromatic heterocycles. The Bertz CT molecular complexity index is 344. The highest BCUT2D eigenvalue weighted by Gasteiger charge is 2.35. The molecule has 1 saturated heterocycles. The monoisotopic (exact) mass is 278 g/mol. The van der Waals surface area contributed by atoms with Crippen molar-refractivity contribution in [3.05, 3.63) is 0 Å². The zero-order valence-corrected chi connectivity index (χ0v) is 12.5. The molecule has 0 aliphatic carbocycles. The number of hydrogen-bond acceptors (Lipinski definition) is 3. The Morgan fingerprint density at radius 3 is 2.44 bits per heavy atom. The second kappa shape index (κ2) is 6.32. The van der Waals surface area contributed by atoms with Gasteiger partial charge >= 0.3 is 0 Å². The van der Waals surface area contributed by atoms with Gasteiger partial charge < -0.3 is 5.11 Å². The maximum absolute atomic E-state index is 12.3. The molecule has 1 fully saturated rings. The smallest absolute Gasteiger partial charge is 0.280 e. The summed E-state index contributed by atoms with van der Waals surface area (Å²) < 4.78 is 28.9. The average molecular weight is 278 g/mol. The fourth-order valence-corrected chi connectivity index (χ4v) is 4.20. The number of piperidine rings is 1. The molecule has 1 heterocycles. The summed E-state index contributed by atoms with van der Waals surface area (Å²) in [6, 6.07) is 0. The van der Waals surface area contributed by atoms with E-state index in [0.717, 1.165) is 12.8 Å². The number of nitrogens with zero attached hydrogens (tertiary/aromatic N) is 1. The van der Waals surface area contributed by atoms with Gasteiger partial charge in [-0.15, -0.1) is 0 Å². The van der Waals surface area contributed by atoms with Gasteiger partial charge in [-0.1, -0.05) is 20.8 Å². The minimum absolute atomic E-state index is 0.164. The van der Waals surface area contributed by atoms with Crippen LogP contribution in [0.15, 0.2) is 0 Å². The predicted octanol–water partition coefficient (Wildman–Crippen LogP) is 1.10. The Morgan fingerprint density at radius 1 is 1.39 bits per heavy atom. The first-order valence-electron chi connectivity index (χ1n) is 6.79. The fourth-order valence-electron chi connectivity index (χ4n) is 2.35. The number of rotatable bonds is 6. The highest BCUT2D eigenvalue weighted by Crippen LogP contribution is 2.21. The lowest BCUT2D eigenvalue weighted by atomic mass is 9.96. The third-order valence-electron chi connectivity index (χ3n) is 3.96. The molecule has 0 radical (unpaired) electrons. The molecule has 5 nitrogen and oxygen atoms in total. The van der Waals surface area contributed by atoms with E-state index in [4.69, 9.17) is 0 Å². The third kappa shape index (κ3) is 3.66. The van der Waals surface area contributed by atoms with Crippen molar-refractivity contribution in [2.45, 2.75) is 52.0 Å². The quantitative estimate of drug-likeness (QED) is 0.764. The third-order valence-corrected chi connectivity index (χ3v) is 5.66. The first-order chi connectivity index (χ1) is 8.39. The number of hydrogen-bond donors (Lipinski definition) is 2. The molecule has 1 unspecified atom stereocenters. The lowest BCUT2D eigenvalue weighted by Crippen LogP contribution is -2.56. The highest BCUT2D eigenvalue weighted by molar-refractivity contribution is 7.87. The van der Waals surface area contributed by atoms with Gasteiger partial charge in [0.15, 0.2) is 0 Å². The number of nitrogens with one attached hydrogen (secondary N) is 1. The number of aliphatic hydroxyl groups is 1. The molecule has 0 saturated carbocycles. The topological polar surface area (TPSA) is 69.6 Å². The van der Waals surface area contributed by atoms with Gasteiger partial charge in [0, 0.05) is 13.1 Å². The first-order valence-corrected chi connectivity index (χ1v) is 8.23. The van der Waals surface area contributed by atoms with Crippen LogP contribution in [0.1, 0.15) is 46.5 Å². The molecule has 6 heteroatoms. The molecule has 0 amide bonds. The average Bonchev–Trinajstić information content (AvgIpc) is 2.36. The van der Waals surface area contributed by atoms with Crippen molar-refractivity contribution in [1.29, 1.82) is 0 Å². The van der Waals surface area contributed by atoms with Gasteiger partial charge in [0.1, 0.15) is 0 Å². The van der Waals surface area contributed by atoms with Crippen LogP contribution in [0.25, 0.3) is 0 Å². The van der Waals surface area contributed by atoms with Crippen molar-refractivity contribution in [2.24, 2.45) is 5.92 Å². The van der Waals surface area contributed by atoms with Crippen LogP contribution >= 0.6 is 0 Å². The largest absolute Gasteiger partial charge is 0.394 e. The van der Waals surface area contributed by atoms with Crippen molar-refractivity contribution in [3.63, 3.8) is 0 Å². The van der Waals surface area contributed by atoms with Crippen LogP contribution in [-0.4, -0.2) is 43.1 Å². The van der Waals surface area contributed by atoms with Gasteiger partial charge in [0.25, 0.3) is 10.2 Å². The van der Waals surface area contributed by atoms with E-state index in [1.807, 2.05) is 13.8 Å². The molecule has 0 aromatic rings. The maximum Gasteiger partial charge on any atom is 0.280 e. The molecule has 1 rings (SSSR count). The zero-order valence-electron chi connectivity index (χ0n) is 11.6. The normalized spacial score (nSPS) is 23.2.